The summed E-state index contributed by atoms with van der Waals surface area (Å²) in [6.45, 7) is 1.66. The molecule has 0 spiro atoms. The number of benzene rings is 2. The highest BCUT2D eigenvalue weighted by molar-refractivity contribution is 7.89. The van der Waals surface area contributed by atoms with Gasteiger partial charge in [0.15, 0.2) is 0 Å². The smallest absolute Gasteiger partial charge is 0.314 e. The molecule has 2 aromatic carbocycles. The van der Waals surface area contributed by atoms with Crippen LogP contribution >= 0.6 is 23.2 Å². The third-order valence-electron chi connectivity index (χ3n) is 3.78. The first-order chi connectivity index (χ1) is 12.2. The highest BCUT2D eigenvalue weighted by Gasteiger charge is 2.19. The van der Waals surface area contributed by atoms with E-state index in [-0.39, 0.29) is 10.4 Å². The lowest BCUT2D eigenvalue weighted by Gasteiger charge is -2.15. The molecule has 3 rings (SSSR count). The van der Waals surface area contributed by atoms with Gasteiger partial charge in [0, 0.05) is 6.04 Å². The monoisotopic (exact) mass is 413 g/mol. The van der Waals surface area contributed by atoms with Crippen LogP contribution in [0.1, 0.15) is 18.5 Å². The van der Waals surface area contributed by atoms with E-state index in [1.165, 1.54) is 18.2 Å². The molecule has 0 amide bonds. The molecule has 1 aromatic heterocycles. The fraction of sp³-hybridized carbons (Fsp3) is 0.125. The molecule has 0 aliphatic carbocycles. The van der Waals surface area contributed by atoms with Crippen molar-refractivity contribution in [2.24, 2.45) is 0 Å². The molecule has 26 heavy (non-hydrogen) atoms. The lowest BCUT2D eigenvalue weighted by atomic mass is 10.1. The number of nitrogens with one attached hydrogen (secondary N) is 3. The molecule has 10 heteroatoms. The van der Waals surface area contributed by atoms with Gasteiger partial charge in [0.25, 0.3) is 0 Å². The molecular weight excluding hydrogens is 401 g/mol. The Bertz CT molecular complexity index is 1220. The number of H-pyrrole nitrogens is 2. The summed E-state index contributed by atoms with van der Waals surface area (Å²) in [5.41, 5.74) is -0.490. The van der Waals surface area contributed by atoms with Gasteiger partial charge in [-0.05, 0) is 42.8 Å². The fourth-order valence-corrected chi connectivity index (χ4v) is 3.98. The van der Waals surface area contributed by atoms with Gasteiger partial charge >= 0.3 is 11.1 Å². The number of sulfonamides is 1. The molecule has 0 aliphatic heterocycles. The van der Waals surface area contributed by atoms with Crippen LogP contribution in [0.2, 0.25) is 10.0 Å². The second-order valence-electron chi connectivity index (χ2n) is 5.63. The van der Waals surface area contributed by atoms with Gasteiger partial charge in [-0.25, -0.2) is 13.1 Å². The molecule has 7 nitrogen and oxygen atoms in total. The van der Waals surface area contributed by atoms with Gasteiger partial charge in [-0.3, -0.25) is 9.59 Å². The van der Waals surface area contributed by atoms with Crippen molar-refractivity contribution in [2.75, 3.05) is 0 Å². The van der Waals surface area contributed by atoms with Crippen molar-refractivity contribution in [2.45, 2.75) is 17.9 Å². The topological polar surface area (TPSA) is 112 Å². The number of rotatable bonds is 4. The highest BCUT2D eigenvalue weighted by atomic mass is 35.5. The van der Waals surface area contributed by atoms with Crippen molar-refractivity contribution >= 4 is 44.3 Å². The Hall–Kier alpha value is -2.13. The van der Waals surface area contributed by atoms with Crippen LogP contribution in [0.5, 0.6) is 0 Å². The van der Waals surface area contributed by atoms with Crippen LogP contribution in [0.3, 0.4) is 0 Å². The summed E-state index contributed by atoms with van der Waals surface area (Å²) in [4.78, 5) is 27.4. The Kier molecular flexibility index (Phi) is 4.94. The molecule has 1 unspecified atom stereocenters. The first kappa shape index (κ1) is 18.7. The van der Waals surface area contributed by atoms with E-state index in [0.29, 0.717) is 21.1 Å². The quantitative estimate of drug-likeness (QED) is 0.570. The van der Waals surface area contributed by atoms with Gasteiger partial charge in [-0.2, -0.15) is 0 Å². The molecule has 0 saturated carbocycles. The Morgan fingerprint density at radius 2 is 1.58 bits per heavy atom. The molecule has 3 aromatic rings. The minimum atomic E-state index is -3.89. The van der Waals surface area contributed by atoms with Gasteiger partial charge in [-0.1, -0.05) is 29.3 Å². The van der Waals surface area contributed by atoms with E-state index < -0.39 is 27.2 Å². The van der Waals surface area contributed by atoms with Gasteiger partial charge in [0.05, 0.1) is 26.0 Å². The van der Waals surface area contributed by atoms with Crippen LogP contribution in [0.15, 0.2) is 50.9 Å². The first-order valence-electron chi connectivity index (χ1n) is 7.41. The van der Waals surface area contributed by atoms with E-state index in [0.717, 1.165) is 0 Å². The normalized spacial score (nSPS) is 13.0. The summed E-state index contributed by atoms with van der Waals surface area (Å²) in [6, 6.07) is 8.28. The van der Waals surface area contributed by atoms with E-state index in [2.05, 4.69) is 14.7 Å². The minimum absolute atomic E-state index is 0.0559. The molecule has 1 heterocycles. The van der Waals surface area contributed by atoms with E-state index >= 15 is 0 Å². The van der Waals surface area contributed by atoms with E-state index in [1.807, 2.05) is 0 Å². The maximum absolute atomic E-state index is 12.6. The predicted octanol–water partition coefficient (Wildman–Crippen LogP) is 2.56. The van der Waals surface area contributed by atoms with Crippen molar-refractivity contribution < 1.29 is 8.42 Å². The fourth-order valence-electron chi connectivity index (χ4n) is 2.41. The number of hydrogen-bond donors (Lipinski definition) is 3. The van der Waals surface area contributed by atoms with Gasteiger partial charge < -0.3 is 9.97 Å². The van der Waals surface area contributed by atoms with Crippen molar-refractivity contribution in [3.63, 3.8) is 0 Å². The lowest BCUT2D eigenvalue weighted by molar-refractivity contribution is 0.567. The number of aromatic amines is 2. The second-order valence-corrected chi connectivity index (χ2v) is 8.16. The predicted molar refractivity (Wildman–Crippen MR) is 100 cm³/mol. The Morgan fingerprint density at radius 3 is 2.23 bits per heavy atom. The Labute approximate surface area is 158 Å². The Balaban J connectivity index is 1.95. The second kappa shape index (κ2) is 6.88. The molecule has 1 atom stereocenters. The van der Waals surface area contributed by atoms with Gasteiger partial charge in [-0.15, -0.1) is 0 Å². The molecule has 0 aliphatic rings. The zero-order chi connectivity index (χ0) is 19.1. The average Bonchev–Trinajstić information content (AvgIpc) is 2.57. The maximum Gasteiger partial charge on any atom is 0.314 e. The summed E-state index contributed by atoms with van der Waals surface area (Å²) < 4.78 is 27.8. The summed E-state index contributed by atoms with van der Waals surface area (Å²) in [7, 11) is -3.89. The number of aromatic nitrogens is 2. The van der Waals surface area contributed by atoms with Crippen LogP contribution in [-0.2, 0) is 10.0 Å². The molecule has 0 radical (unpaired) electrons. The van der Waals surface area contributed by atoms with Crippen LogP contribution < -0.4 is 15.8 Å². The van der Waals surface area contributed by atoms with Crippen LogP contribution in [0, 0.1) is 0 Å². The van der Waals surface area contributed by atoms with Crippen LogP contribution in [0.25, 0.3) is 11.0 Å². The molecule has 0 saturated heterocycles. The first-order valence-corrected chi connectivity index (χ1v) is 9.65. The van der Waals surface area contributed by atoms with E-state index in [4.69, 9.17) is 23.2 Å². The minimum Gasteiger partial charge on any atom is -0.316 e. The lowest BCUT2D eigenvalue weighted by Crippen LogP contribution is -2.29. The van der Waals surface area contributed by atoms with Gasteiger partial charge in [0.1, 0.15) is 0 Å². The summed E-state index contributed by atoms with van der Waals surface area (Å²) >= 11 is 11.8. The summed E-state index contributed by atoms with van der Waals surface area (Å²) in [5.74, 6) is 0. The number of hydrogen-bond acceptors (Lipinski definition) is 4. The summed E-state index contributed by atoms with van der Waals surface area (Å²) in [6.07, 6.45) is 0. The molecule has 0 fully saturated rings. The van der Waals surface area contributed by atoms with E-state index in [9.17, 15) is 18.0 Å². The maximum atomic E-state index is 12.6. The molecule has 0 bridgehead atoms. The van der Waals surface area contributed by atoms with E-state index in [1.54, 1.807) is 25.1 Å². The Morgan fingerprint density at radius 1 is 0.923 bits per heavy atom. The molecule has 3 N–H and O–H groups in total. The molecular formula is C16H13Cl2N3O4S. The molecule has 136 valence electrons. The van der Waals surface area contributed by atoms with Crippen molar-refractivity contribution in [1.29, 1.82) is 0 Å². The average molecular weight is 414 g/mol. The van der Waals surface area contributed by atoms with Crippen LogP contribution in [-0.4, -0.2) is 18.4 Å². The third kappa shape index (κ3) is 3.68. The van der Waals surface area contributed by atoms with Crippen molar-refractivity contribution in [1.82, 2.24) is 14.7 Å². The number of fused-ring (bicyclic) bond motifs is 1. The van der Waals surface area contributed by atoms with Gasteiger partial charge in [0.2, 0.25) is 10.0 Å². The summed E-state index contributed by atoms with van der Waals surface area (Å²) in [5, 5.41) is 0.695. The number of halogens is 2. The zero-order valence-corrected chi connectivity index (χ0v) is 15.7. The van der Waals surface area contributed by atoms with Crippen molar-refractivity contribution in [3.05, 3.63) is 72.7 Å². The zero-order valence-electron chi connectivity index (χ0n) is 13.3. The van der Waals surface area contributed by atoms with Crippen LogP contribution in [0.4, 0.5) is 0 Å². The van der Waals surface area contributed by atoms with Crippen molar-refractivity contribution in [3.8, 4) is 0 Å². The highest BCUT2D eigenvalue weighted by Crippen LogP contribution is 2.26. The largest absolute Gasteiger partial charge is 0.316 e. The SMILES string of the molecule is CC(NS(=O)(=O)c1ccc2[nH]c(=O)c(=O)[nH]c2c1)c1ccc(Cl)c(Cl)c1. The standard InChI is InChI=1S/C16H13Cl2N3O4S/c1-8(9-2-4-11(17)12(18)6-9)21-26(24,25)10-3-5-13-14(7-10)20-16(23)15(22)19-13/h2-8,21H,1H3,(H,19,22)(H,20,23). The third-order valence-corrected chi connectivity index (χ3v) is 6.06.